The number of hydrogen-bond acceptors (Lipinski definition) is 4. The summed E-state index contributed by atoms with van der Waals surface area (Å²) in [7, 11) is 0. The molecule has 1 unspecified atom stereocenters. The molecule has 0 fully saturated rings. The molecule has 0 aliphatic carbocycles. The van der Waals surface area contributed by atoms with Gasteiger partial charge in [0.15, 0.2) is 11.5 Å². The maximum absolute atomic E-state index is 12.2. The average Bonchev–Trinajstić information content (AvgIpc) is 2.60. The highest BCUT2D eigenvalue weighted by molar-refractivity contribution is 8.00. The zero-order valence-corrected chi connectivity index (χ0v) is 14.7. The highest BCUT2D eigenvalue weighted by Gasteiger charge is 2.16. The van der Waals surface area contributed by atoms with Crippen LogP contribution >= 0.6 is 11.8 Å². The van der Waals surface area contributed by atoms with Crippen molar-refractivity contribution in [1.82, 2.24) is 5.32 Å². The van der Waals surface area contributed by atoms with E-state index in [4.69, 9.17) is 9.47 Å². The predicted octanol–water partition coefficient (Wildman–Crippen LogP) is 3.74. The Bertz CT molecular complexity index is 732. The summed E-state index contributed by atoms with van der Waals surface area (Å²) in [5, 5.41) is 3.04. The molecule has 0 aromatic heterocycles. The van der Waals surface area contributed by atoms with E-state index < -0.39 is 0 Å². The van der Waals surface area contributed by atoms with Gasteiger partial charge in [-0.25, -0.2) is 0 Å². The molecule has 0 saturated heterocycles. The highest BCUT2D eigenvalue weighted by Crippen LogP contribution is 2.32. The van der Waals surface area contributed by atoms with E-state index in [2.05, 4.69) is 18.3 Å². The summed E-state index contributed by atoms with van der Waals surface area (Å²) in [6, 6.07) is 13.8. The van der Waals surface area contributed by atoms with Crippen LogP contribution in [0.1, 0.15) is 24.1 Å². The van der Waals surface area contributed by atoms with Gasteiger partial charge in [-0.1, -0.05) is 24.3 Å². The second kappa shape index (κ2) is 7.62. The van der Waals surface area contributed by atoms with E-state index in [-0.39, 0.29) is 11.9 Å². The minimum Gasteiger partial charge on any atom is -0.486 e. The summed E-state index contributed by atoms with van der Waals surface area (Å²) in [5.41, 5.74) is 2.20. The third kappa shape index (κ3) is 4.03. The molecule has 1 aliphatic rings. The summed E-state index contributed by atoms with van der Waals surface area (Å²) >= 11 is 1.56. The van der Waals surface area contributed by atoms with E-state index in [1.807, 2.05) is 43.3 Å². The van der Waals surface area contributed by atoms with Gasteiger partial charge in [0, 0.05) is 4.90 Å². The van der Waals surface area contributed by atoms with Gasteiger partial charge >= 0.3 is 0 Å². The van der Waals surface area contributed by atoms with Crippen molar-refractivity contribution < 1.29 is 14.3 Å². The zero-order chi connectivity index (χ0) is 16.9. The molecule has 5 heteroatoms. The van der Waals surface area contributed by atoms with Crippen LogP contribution in [0.15, 0.2) is 47.4 Å². The molecular weight excluding hydrogens is 322 g/mol. The predicted molar refractivity (Wildman–Crippen MR) is 95.9 cm³/mol. The molecule has 0 bridgehead atoms. The Balaban J connectivity index is 1.57. The number of amides is 1. The van der Waals surface area contributed by atoms with Crippen molar-refractivity contribution in [3.05, 3.63) is 53.6 Å². The van der Waals surface area contributed by atoms with Crippen LogP contribution in [0.3, 0.4) is 0 Å². The van der Waals surface area contributed by atoms with Crippen LogP contribution in [0, 0.1) is 6.92 Å². The van der Waals surface area contributed by atoms with Gasteiger partial charge in [-0.2, -0.15) is 0 Å². The monoisotopic (exact) mass is 343 g/mol. The number of carbonyl (C=O) groups is 1. The smallest absolute Gasteiger partial charge is 0.230 e. The maximum atomic E-state index is 12.2. The van der Waals surface area contributed by atoms with Gasteiger partial charge in [-0.3, -0.25) is 4.79 Å². The zero-order valence-electron chi connectivity index (χ0n) is 13.9. The second-order valence-corrected chi connectivity index (χ2v) is 6.76. The van der Waals surface area contributed by atoms with E-state index in [1.54, 1.807) is 11.8 Å². The lowest BCUT2D eigenvalue weighted by Crippen LogP contribution is -2.28. The van der Waals surface area contributed by atoms with Gasteiger partial charge in [0.05, 0.1) is 11.8 Å². The van der Waals surface area contributed by atoms with Crippen LogP contribution in [0.2, 0.25) is 0 Å². The number of aryl methyl sites for hydroxylation is 1. The van der Waals surface area contributed by atoms with Crippen molar-refractivity contribution in [2.45, 2.75) is 24.8 Å². The first-order chi connectivity index (χ1) is 11.6. The number of hydrogen-bond donors (Lipinski definition) is 1. The van der Waals surface area contributed by atoms with Crippen molar-refractivity contribution in [1.29, 1.82) is 0 Å². The largest absolute Gasteiger partial charge is 0.486 e. The molecule has 0 radical (unpaired) electrons. The molecule has 1 aliphatic heterocycles. The number of benzene rings is 2. The summed E-state index contributed by atoms with van der Waals surface area (Å²) in [6.45, 7) is 5.17. The van der Waals surface area contributed by atoms with Crippen LogP contribution in [0.25, 0.3) is 0 Å². The van der Waals surface area contributed by atoms with E-state index >= 15 is 0 Å². The van der Waals surface area contributed by atoms with Crippen molar-refractivity contribution in [3.63, 3.8) is 0 Å². The first-order valence-electron chi connectivity index (χ1n) is 8.01. The van der Waals surface area contributed by atoms with Gasteiger partial charge < -0.3 is 14.8 Å². The molecule has 2 aromatic carbocycles. The van der Waals surface area contributed by atoms with Crippen LogP contribution in [0.4, 0.5) is 0 Å². The summed E-state index contributed by atoms with van der Waals surface area (Å²) in [5.74, 6) is 1.93. The Morgan fingerprint density at radius 2 is 1.92 bits per heavy atom. The number of thioether (sulfide) groups is 1. The molecular formula is C19H21NO3S. The van der Waals surface area contributed by atoms with Crippen molar-refractivity contribution in [2.24, 2.45) is 0 Å². The fourth-order valence-electron chi connectivity index (χ4n) is 2.56. The van der Waals surface area contributed by atoms with Gasteiger partial charge in [0.1, 0.15) is 13.2 Å². The van der Waals surface area contributed by atoms with Gasteiger partial charge in [-0.15, -0.1) is 11.8 Å². The van der Waals surface area contributed by atoms with Crippen LogP contribution in [0.5, 0.6) is 11.5 Å². The van der Waals surface area contributed by atoms with Crippen LogP contribution in [-0.2, 0) is 4.79 Å². The molecule has 1 N–H and O–H groups in total. The lowest BCUT2D eigenvalue weighted by atomic mass is 10.1. The third-order valence-electron chi connectivity index (χ3n) is 3.90. The Hall–Kier alpha value is -2.14. The van der Waals surface area contributed by atoms with Gasteiger partial charge in [0.25, 0.3) is 0 Å². The standard InChI is InChI=1S/C19H21NO3S/c1-13-5-3-4-6-18(13)24-12-19(21)20-14(2)15-7-8-16-17(11-15)23-10-9-22-16/h3-8,11,14H,9-10,12H2,1-2H3,(H,20,21). The van der Waals surface area contributed by atoms with E-state index in [1.165, 1.54) is 5.56 Å². The molecule has 1 heterocycles. The Labute approximate surface area is 146 Å². The molecule has 1 amide bonds. The number of fused-ring (bicyclic) bond motifs is 1. The fourth-order valence-corrected chi connectivity index (χ4v) is 3.40. The first kappa shape index (κ1) is 16.7. The minimum atomic E-state index is -0.0780. The van der Waals surface area contributed by atoms with Gasteiger partial charge in [-0.05, 0) is 43.2 Å². The SMILES string of the molecule is Cc1ccccc1SCC(=O)NC(C)c1ccc2c(c1)OCCO2. The molecule has 0 spiro atoms. The van der Waals surface area contributed by atoms with Crippen molar-refractivity contribution >= 4 is 17.7 Å². The molecule has 126 valence electrons. The average molecular weight is 343 g/mol. The summed E-state index contributed by atoms with van der Waals surface area (Å²) < 4.78 is 11.1. The summed E-state index contributed by atoms with van der Waals surface area (Å²) in [6.07, 6.45) is 0. The lowest BCUT2D eigenvalue weighted by molar-refractivity contribution is -0.119. The number of carbonyl (C=O) groups excluding carboxylic acids is 1. The lowest BCUT2D eigenvalue weighted by Gasteiger charge is -2.21. The second-order valence-electron chi connectivity index (χ2n) is 5.75. The number of nitrogens with one attached hydrogen (secondary N) is 1. The normalized spacial score (nSPS) is 14.1. The fraction of sp³-hybridized carbons (Fsp3) is 0.316. The number of rotatable bonds is 5. The molecule has 0 saturated carbocycles. The minimum absolute atomic E-state index is 0.0191. The number of ether oxygens (including phenoxy) is 2. The van der Waals surface area contributed by atoms with Crippen molar-refractivity contribution in [2.75, 3.05) is 19.0 Å². The van der Waals surface area contributed by atoms with E-state index in [9.17, 15) is 4.79 Å². The molecule has 24 heavy (non-hydrogen) atoms. The topological polar surface area (TPSA) is 47.6 Å². The Morgan fingerprint density at radius 1 is 1.17 bits per heavy atom. The Morgan fingerprint density at radius 3 is 2.71 bits per heavy atom. The molecule has 4 nitrogen and oxygen atoms in total. The van der Waals surface area contributed by atoms with Crippen LogP contribution < -0.4 is 14.8 Å². The molecule has 2 aromatic rings. The van der Waals surface area contributed by atoms with Crippen molar-refractivity contribution in [3.8, 4) is 11.5 Å². The van der Waals surface area contributed by atoms with E-state index in [0.29, 0.717) is 19.0 Å². The first-order valence-corrected chi connectivity index (χ1v) is 8.99. The summed E-state index contributed by atoms with van der Waals surface area (Å²) in [4.78, 5) is 13.4. The van der Waals surface area contributed by atoms with Gasteiger partial charge in [0.2, 0.25) is 5.91 Å². The quantitative estimate of drug-likeness (QED) is 0.840. The highest BCUT2D eigenvalue weighted by atomic mass is 32.2. The van der Waals surface area contributed by atoms with Crippen LogP contribution in [-0.4, -0.2) is 24.9 Å². The third-order valence-corrected chi connectivity index (χ3v) is 5.07. The maximum Gasteiger partial charge on any atom is 0.230 e. The molecule has 1 atom stereocenters. The molecule has 3 rings (SSSR count). The van der Waals surface area contributed by atoms with E-state index in [0.717, 1.165) is 22.0 Å². The Kier molecular flexibility index (Phi) is 5.30.